The summed E-state index contributed by atoms with van der Waals surface area (Å²) in [4.78, 5) is 25.3. The number of Topliss-reactive ketones (excluding diaryl/α,β-unsaturated/α-hetero) is 1. The second-order valence-electron chi connectivity index (χ2n) is 13.5. The quantitative estimate of drug-likeness (QED) is 0.372. The van der Waals surface area contributed by atoms with Gasteiger partial charge in [-0.05, 0) is 86.5 Å². The van der Waals surface area contributed by atoms with E-state index in [1.807, 2.05) is 37.3 Å². The Hall–Kier alpha value is -1.95. The summed E-state index contributed by atoms with van der Waals surface area (Å²) in [6.45, 7) is 11.3. The molecule has 8 atom stereocenters. The lowest BCUT2D eigenvalue weighted by Crippen LogP contribution is -3.00. The van der Waals surface area contributed by atoms with Gasteiger partial charge in [-0.15, -0.1) is 0 Å². The summed E-state index contributed by atoms with van der Waals surface area (Å²) in [5.41, 5.74) is 5.01. The maximum Gasteiger partial charge on any atom is 0.302 e. The monoisotopic (exact) mass is 569 g/mol. The first kappa shape index (κ1) is 31.0. The van der Waals surface area contributed by atoms with Gasteiger partial charge in [0.2, 0.25) is 0 Å². The summed E-state index contributed by atoms with van der Waals surface area (Å²) in [6, 6.07) is 9.78. The normalized spacial score (nSPS) is 34.4. The lowest BCUT2D eigenvalue weighted by atomic mass is 9.47. The van der Waals surface area contributed by atoms with Gasteiger partial charge < -0.3 is 27.6 Å². The van der Waals surface area contributed by atoms with Gasteiger partial charge >= 0.3 is 5.97 Å². The number of esters is 1. The molecule has 5 rings (SSSR count). The number of aliphatic hydroxyl groups excluding tert-OH is 1. The first-order chi connectivity index (χ1) is 18.5. The fourth-order valence-corrected chi connectivity index (χ4v) is 9.13. The summed E-state index contributed by atoms with van der Waals surface area (Å²) in [5.74, 6) is 1.92. The molecule has 220 valence electrons. The third kappa shape index (κ3) is 5.58. The average molecular weight is 570 g/mol. The highest BCUT2D eigenvalue weighted by Gasteiger charge is 2.58. The number of quaternary nitrogens is 1. The maximum atomic E-state index is 13.7. The summed E-state index contributed by atoms with van der Waals surface area (Å²) in [7, 11) is 0. The van der Waals surface area contributed by atoms with Crippen molar-refractivity contribution in [3.8, 4) is 0 Å². The van der Waals surface area contributed by atoms with Gasteiger partial charge in [-0.3, -0.25) is 9.59 Å². The van der Waals surface area contributed by atoms with Crippen LogP contribution >= 0.6 is 0 Å². The highest BCUT2D eigenvalue weighted by molar-refractivity contribution is 5.98. The molecule has 40 heavy (non-hydrogen) atoms. The van der Waals surface area contributed by atoms with Gasteiger partial charge in [-0.1, -0.05) is 61.4 Å². The number of hydrogen-bond acceptors (Lipinski definition) is 4. The first-order valence-corrected chi connectivity index (χ1v) is 15.2. The predicted molar refractivity (Wildman–Crippen MR) is 153 cm³/mol. The summed E-state index contributed by atoms with van der Waals surface area (Å²) in [6.07, 6.45) is 9.79. The molecule has 0 amide bonds. The number of hydrogen-bond donors (Lipinski definition) is 2. The van der Waals surface area contributed by atoms with Crippen molar-refractivity contribution in [2.75, 3.05) is 6.54 Å². The smallest absolute Gasteiger partial charge is 0.302 e. The molecular weight excluding hydrogens is 522 g/mol. The minimum atomic E-state index is -0.541. The van der Waals surface area contributed by atoms with E-state index < -0.39 is 6.10 Å². The highest BCUT2D eigenvalue weighted by Crippen LogP contribution is 2.66. The van der Waals surface area contributed by atoms with Crippen LogP contribution in [0, 0.1) is 28.6 Å². The first-order valence-electron chi connectivity index (χ1n) is 15.2. The van der Waals surface area contributed by atoms with Crippen LogP contribution in [0.15, 0.2) is 53.1 Å². The molecule has 1 aromatic carbocycles. The molecule has 8 unspecified atom stereocenters. The Morgan fingerprint density at radius 1 is 1.07 bits per heavy atom. The van der Waals surface area contributed by atoms with Crippen LogP contribution in [-0.2, 0) is 14.3 Å². The molecule has 1 aromatic rings. The van der Waals surface area contributed by atoms with Gasteiger partial charge in [0.1, 0.15) is 18.2 Å². The fraction of sp³-hybridized carbons (Fsp3) is 0.647. The number of benzene rings is 1. The molecule has 5 nitrogen and oxygen atoms in total. The Morgan fingerprint density at radius 2 is 1.77 bits per heavy atom. The zero-order chi connectivity index (χ0) is 27.9. The minimum Gasteiger partial charge on any atom is -1.00 e. The van der Waals surface area contributed by atoms with E-state index >= 15 is 0 Å². The second-order valence-corrected chi connectivity index (χ2v) is 13.5. The van der Waals surface area contributed by atoms with Crippen molar-refractivity contribution in [2.24, 2.45) is 28.6 Å². The molecule has 0 aromatic heterocycles. The van der Waals surface area contributed by atoms with Gasteiger partial charge in [0, 0.05) is 18.9 Å². The van der Waals surface area contributed by atoms with E-state index in [1.54, 1.807) is 0 Å². The van der Waals surface area contributed by atoms with E-state index in [4.69, 9.17) is 4.74 Å². The van der Waals surface area contributed by atoms with Crippen molar-refractivity contribution in [3.05, 3.63) is 58.7 Å². The number of nitrogens with two attached hydrogens (primary N) is 1. The number of halogens is 1. The number of ether oxygens (including phenoxy) is 1. The largest absolute Gasteiger partial charge is 1.00 e. The molecule has 2 fully saturated rings. The Balaban J connectivity index is 0.00000370. The van der Waals surface area contributed by atoms with Crippen molar-refractivity contribution >= 4 is 11.8 Å². The van der Waals surface area contributed by atoms with Gasteiger partial charge in [0.15, 0.2) is 5.78 Å². The topological polar surface area (TPSA) is 80.2 Å². The Morgan fingerprint density at radius 3 is 2.48 bits per heavy atom. The highest BCUT2D eigenvalue weighted by atomic mass is 35.5. The third-order valence-corrected chi connectivity index (χ3v) is 11.1. The molecule has 0 heterocycles. The molecule has 0 spiro atoms. The van der Waals surface area contributed by atoms with Crippen LogP contribution in [-0.4, -0.2) is 35.5 Å². The molecule has 2 saturated carbocycles. The third-order valence-electron chi connectivity index (χ3n) is 11.1. The predicted octanol–water partition coefficient (Wildman–Crippen LogP) is 2.46. The van der Waals surface area contributed by atoms with Crippen LogP contribution < -0.4 is 17.7 Å². The number of aliphatic hydroxyl groups is 1. The van der Waals surface area contributed by atoms with E-state index in [2.05, 4.69) is 32.2 Å². The number of allylic oxidation sites excluding steroid dienone is 3. The standard InChI is InChI=1S/C34H47NO4.ClH/c1-21-19-29-27-12-11-25-20-26(39-23(3)36)13-16-33(25,4)28(27)14-17-34(29,5)31(21)30(37)15-18-35-22(2)32(38)24-9-7-6-8-10-24;/h6-11,22,26-29,32,35,38H,12-20H2,1-5H3;1H. The molecule has 0 bridgehead atoms. The van der Waals surface area contributed by atoms with Gasteiger partial charge in [-0.25, -0.2) is 0 Å². The Kier molecular flexibility index (Phi) is 9.39. The number of carbonyl (C=O) groups excluding carboxylic acids is 2. The fourth-order valence-electron chi connectivity index (χ4n) is 9.13. The number of carbonyl (C=O) groups is 2. The van der Waals surface area contributed by atoms with Gasteiger partial charge in [0.25, 0.3) is 0 Å². The van der Waals surface area contributed by atoms with Crippen LogP contribution in [0.25, 0.3) is 0 Å². The Labute approximate surface area is 246 Å². The number of rotatable bonds is 8. The van der Waals surface area contributed by atoms with Crippen LogP contribution in [0.5, 0.6) is 0 Å². The lowest BCUT2D eigenvalue weighted by Gasteiger charge is -2.57. The van der Waals surface area contributed by atoms with Crippen LogP contribution in [0.2, 0.25) is 0 Å². The van der Waals surface area contributed by atoms with Crippen LogP contribution in [0.1, 0.15) is 97.7 Å². The van der Waals surface area contributed by atoms with E-state index in [1.165, 1.54) is 24.5 Å². The Bertz CT molecular complexity index is 1160. The number of ketones is 1. The lowest BCUT2D eigenvalue weighted by molar-refractivity contribution is -0.693. The molecule has 0 saturated heterocycles. The van der Waals surface area contributed by atoms with E-state index in [0.717, 1.165) is 49.7 Å². The van der Waals surface area contributed by atoms with Crippen molar-refractivity contribution in [2.45, 2.75) is 104 Å². The summed E-state index contributed by atoms with van der Waals surface area (Å²) in [5, 5.41) is 12.8. The average Bonchev–Trinajstić information content (AvgIpc) is 3.18. The molecular formula is C34H48ClNO4. The maximum absolute atomic E-state index is 13.7. The zero-order valence-electron chi connectivity index (χ0n) is 24.9. The molecule has 4 aliphatic rings. The van der Waals surface area contributed by atoms with Crippen molar-refractivity contribution in [1.29, 1.82) is 0 Å². The molecule has 4 aliphatic carbocycles. The second kappa shape index (κ2) is 12.1. The zero-order valence-corrected chi connectivity index (χ0v) is 25.7. The molecule has 3 N–H and O–H groups in total. The summed E-state index contributed by atoms with van der Waals surface area (Å²) < 4.78 is 5.60. The van der Waals surface area contributed by atoms with Crippen molar-refractivity contribution in [1.82, 2.24) is 0 Å². The van der Waals surface area contributed by atoms with Crippen molar-refractivity contribution < 1.29 is 37.2 Å². The van der Waals surface area contributed by atoms with Crippen LogP contribution in [0.3, 0.4) is 0 Å². The molecule has 0 radical (unpaired) electrons. The van der Waals surface area contributed by atoms with Gasteiger partial charge in [-0.2, -0.15) is 0 Å². The summed E-state index contributed by atoms with van der Waals surface area (Å²) >= 11 is 0. The van der Waals surface area contributed by atoms with E-state index in [0.29, 0.717) is 36.5 Å². The SMILES string of the molecule is CC(=O)OC1CCC2(C)C(=CCC3C2CCC2(C)C(C(=O)CC[NH2+]C(C)C(O)c4ccccc4)=C(C)CC32)C1.[Cl-]. The minimum absolute atomic E-state index is 0. The van der Waals surface area contributed by atoms with Gasteiger partial charge in [0.05, 0.1) is 13.0 Å². The molecule has 0 aliphatic heterocycles. The van der Waals surface area contributed by atoms with Crippen molar-refractivity contribution in [3.63, 3.8) is 0 Å². The molecule has 6 heteroatoms. The van der Waals surface area contributed by atoms with Crippen LogP contribution in [0.4, 0.5) is 0 Å². The van der Waals surface area contributed by atoms with E-state index in [-0.39, 0.29) is 41.4 Å². The number of fused-ring (bicyclic) bond motifs is 5. The van der Waals surface area contributed by atoms with E-state index in [9.17, 15) is 14.7 Å².